The van der Waals surface area contributed by atoms with E-state index < -0.39 is 25.0 Å². The van der Waals surface area contributed by atoms with E-state index in [-0.39, 0.29) is 11.4 Å². The van der Waals surface area contributed by atoms with Gasteiger partial charge in [-0.3, -0.25) is 14.2 Å². The van der Waals surface area contributed by atoms with E-state index >= 15 is 0 Å². The lowest BCUT2D eigenvalue weighted by atomic mass is 10.3. The van der Waals surface area contributed by atoms with Crippen LogP contribution in [0.3, 0.4) is 0 Å². The number of thiazole rings is 1. The number of carbonyl (C=O) groups is 1. The summed E-state index contributed by atoms with van der Waals surface area (Å²) < 4.78 is 25.1. The number of hydrogen-bond donors (Lipinski definition) is 2. The molecule has 1 atom stereocenters. The van der Waals surface area contributed by atoms with Crippen molar-refractivity contribution in [3.05, 3.63) is 20.7 Å². The monoisotopic (exact) mass is 266 g/mol. The minimum Gasteiger partial charge on any atom is -0.385 e. The fourth-order valence-corrected chi connectivity index (χ4v) is 1.84. The fourth-order valence-electron chi connectivity index (χ4n) is 1.10. The minimum absolute atomic E-state index is 0.232. The Morgan fingerprint density at radius 1 is 1.65 bits per heavy atom. The standard InChI is InChI=1S/C9H12F2N2O3S/c1-5-4-17-9(16)13(5)3-7(15)12-2-6(14)8(10)11/h4,6,8,14H,2-3H2,1H3,(H,12,15). The molecule has 1 aromatic rings. The van der Waals surface area contributed by atoms with E-state index in [9.17, 15) is 18.4 Å². The van der Waals surface area contributed by atoms with Crippen LogP contribution in [0.4, 0.5) is 8.78 Å². The molecule has 0 aliphatic rings. The van der Waals surface area contributed by atoms with Gasteiger partial charge < -0.3 is 10.4 Å². The zero-order valence-electron chi connectivity index (χ0n) is 9.02. The lowest BCUT2D eigenvalue weighted by Gasteiger charge is -2.11. The summed E-state index contributed by atoms with van der Waals surface area (Å²) in [5.41, 5.74) is 0.629. The second kappa shape index (κ2) is 5.87. The van der Waals surface area contributed by atoms with E-state index in [1.54, 1.807) is 12.3 Å². The topological polar surface area (TPSA) is 71.3 Å². The molecular formula is C9H12F2N2O3S. The van der Waals surface area contributed by atoms with Gasteiger partial charge in [0, 0.05) is 17.6 Å². The molecule has 0 saturated heterocycles. The van der Waals surface area contributed by atoms with E-state index in [0.29, 0.717) is 5.69 Å². The molecule has 1 rings (SSSR count). The van der Waals surface area contributed by atoms with E-state index in [0.717, 1.165) is 11.3 Å². The zero-order valence-corrected chi connectivity index (χ0v) is 9.84. The molecule has 1 unspecified atom stereocenters. The van der Waals surface area contributed by atoms with Gasteiger partial charge in [-0.05, 0) is 6.92 Å². The molecule has 96 valence electrons. The number of nitrogens with one attached hydrogen (secondary N) is 1. The maximum atomic E-state index is 11.9. The van der Waals surface area contributed by atoms with E-state index in [1.165, 1.54) is 4.57 Å². The Morgan fingerprint density at radius 3 is 2.76 bits per heavy atom. The maximum absolute atomic E-state index is 11.9. The number of rotatable bonds is 5. The Balaban J connectivity index is 2.48. The number of aliphatic hydroxyl groups is 1. The SMILES string of the molecule is Cc1csc(=O)n1CC(=O)NCC(O)C(F)F. The van der Waals surface area contributed by atoms with Crippen molar-refractivity contribution in [2.24, 2.45) is 0 Å². The van der Waals surface area contributed by atoms with Gasteiger partial charge in [-0.2, -0.15) is 0 Å². The van der Waals surface area contributed by atoms with Gasteiger partial charge in [0.2, 0.25) is 5.91 Å². The summed E-state index contributed by atoms with van der Waals surface area (Å²) in [5.74, 6) is -0.590. The van der Waals surface area contributed by atoms with Gasteiger partial charge in [0.1, 0.15) is 12.6 Å². The minimum atomic E-state index is -2.90. The third-order valence-electron chi connectivity index (χ3n) is 2.08. The summed E-state index contributed by atoms with van der Waals surface area (Å²) in [6.07, 6.45) is -4.79. The molecule has 1 amide bonds. The van der Waals surface area contributed by atoms with Crippen molar-refractivity contribution in [3.8, 4) is 0 Å². The van der Waals surface area contributed by atoms with Crippen LogP contribution in [0.2, 0.25) is 0 Å². The second-order valence-corrected chi connectivity index (χ2v) is 4.26. The van der Waals surface area contributed by atoms with E-state index in [4.69, 9.17) is 5.11 Å². The molecule has 0 spiro atoms. The fraction of sp³-hybridized carbons (Fsp3) is 0.556. The molecule has 0 aromatic carbocycles. The summed E-state index contributed by atoms with van der Waals surface area (Å²) in [6.45, 7) is 0.901. The van der Waals surface area contributed by atoms with Crippen molar-refractivity contribution in [2.45, 2.75) is 26.0 Å². The van der Waals surface area contributed by atoms with E-state index in [2.05, 4.69) is 5.32 Å². The van der Waals surface area contributed by atoms with Crippen LogP contribution in [0.5, 0.6) is 0 Å². The summed E-state index contributed by atoms with van der Waals surface area (Å²) >= 11 is 0.960. The van der Waals surface area contributed by atoms with Gasteiger partial charge in [-0.25, -0.2) is 8.78 Å². The normalized spacial score (nSPS) is 12.8. The molecule has 5 nitrogen and oxygen atoms in total. The average Bonchev–Trinajstić information content (AvgIpc) is 2.57. The van der Waals surface area contributed by atoms with Crippen LogP contribution < -0.4 is 10.2 Å². The number of aryl methyl sites for hydroxylation is 1. The molecule has 0 radical (unpaired) electrons. The number of hydrogen-bond acceptors (Lipinski definition) is 4. The Hall–Kier alpha value is -1.28. The van der Waals surface area contributed by atoms with Crippen LogP contribution in [0.1, 0.15) is 5.69 Å². The first kappa shape index (κ1) is 13.8. The molecule has 8 heteroatoms. The molecule has 0 saturated carbocycles. The molecule has 0 aliphatic carbocycles. The first-order valence-corrected chi connectivity index (χ1v) is 5.67. The summed E-state index contributed by atoms with van der Waals surface area (Å²) in [5, 5.41) is 12.5. The molecule has 0 aliphatic heterocycles. The summed E-state index contributed by atoms with van der Waals surface area (Å²) in [6, 6.07) is 0. The largest absolute Gasteiger partial charge is 0.385 e. The highest BCUT2D eigenvalue weighted by molar-refractivity contribution is 7.07. The highest BCUT2D eigenvalue weighted by atomic mass is 32.1. The smallest absolute Gasteiger partial charge is 0.307 e. The maximum Gasteiger partial charge on any atom is 0.307 e. The summed E-state index contributed by atoms with van der Waals surface area (Å²) in [7, 11) is 0. The predicted molar refractivity (Wildman–Crippen MR) is 58.3 cm³/mol. The Labute approximate surface area is 99.7 Å². The van der Waals surface area contributed by atoms with Crippen LogP contribution in [-0.4, -0.2) is 34.7 Å². The van der Waals surface area contributed by atoms with Crippen LogP contribution in [0.15, 0.2) is 10.2 Å². The molecule has 1 heterocycles. The van der Waals surface area contributed by atoms with Gasteiger partial charge in [0.15, 0.2) is 0 Å². The number of halogens is 2. The first-order chi connectivity index (χ1) is 7.91. The van der Waals surface area contributed by atoms with Gasteiger partial charge in [0.05, 0.1) is 0 Å². The number of aliphatic hydroxyl groups excluding tert-OH is 1. The number of amides is 1. The Morgan fingerprint density at radius 2 is 2.29 bits per heavy atom. The molecule has 17 heavy (non-hydrogen) atoms. The van der Waals surface area contributed by atoms with E-state index in [1.807, 2.05) is 0 Å². The number of alkyl halides is 2. The zero-order chi connectivity index (χ0) is 13.0. The molecule has 2 N–H and O–H groups in total. The van der Waals surface area contributed by atoms with Crippen molar-refractivity contribution < 1.29 is 18.7 Å². The van der Waals surface area contributed by atoms with Gasteiger partial charge in [-0.1, -0.05) is 11.3 Å². The molecular weight excluding hydrogens is 254 g/mol. The quantitative estimate of drug-likeness (QED) is 0.785. The lowest BCUT2D eigenvalue weighted by Crippen LogP contribution is -2.38. The number of nitrogens with zero attached hydrogens (tertiary/aromatic N) is 1. The third kappa shape index (κ3) is 3.90. The third-order valence-corrected chi connectivity index (χ3v) is 2.96. The van der Waals surface area contributed by atoms with Crippen molar-refractivity contribution in [1.29, 1.82) is 0 Å². The molecule has 0 fully saturated rings. The van der Waals surface area contributed by atoms with Gasteiger partial charge in [-0.15, -0.1) is 0 Å². The number of carbonyl (C=O) groups excluding carboxylic acids is 1. The van der Waals surface area contributed by atoms with Crippen LogP contribution in [0, 0.1) is 6.92 Å². The first-order valence-electron chi connectivity index (χ1n) is 4.79. The highest BCUT2D eigenvalue weighted by Crippen LogP contribution is 2.00. The van der Waals surface area contributed by atoms with Crippen molar-refractivity contribution >= 4 is 17.2 Å². The Bertz CT molecular complexity index is 444. The van der Waals surface area contributed by atoms with Crippen LogP contribution in [-0.2, 0) is 11.3 Å². The molecule has 1 aromatic heterocycles. The average molecular weight is 266 g/mol. The van der Waals surface area contributed by atoms with Crippen molar-refractivity contribution in [3.63, 3.8) is 0 Å². The van der Waals surface area contributed by atoms with Crippen molar-refractivity contribution in [1.82, 2.24) is 9.88 Å². The number of aromatic nitrogens is 1. The van der Waals surface area contributed by atoms with Crippen LogP contribution in [0.25, 0.3) is 0 Å². The van der Waals surface area contributed by atoms with Gasteiger partial charge >= 0.3 is 4.87 Å². The molecule has 0 bridgehead atoms. The van der Waals surface area contributed by atoms with Crippen molar-refractivity contribution in [2.75, 3.05) is 6.54 Å². The lowest BCUT2D eigenvalue weighted by molar-refractivity contribution is -0.122. The predicted octanol–water partition coefficient (Wildman–Crippen LogP) is -0.0396. The van der Waals surface area contributed by atoms with Crippen LogP contribution >= 0.6 is 11.3 Å². The summed E-state index contributed by atoms with van der Waals surface area (Å²) in [4.78, 5) is 22.3. The second-order valence-electron chi connectivity index (χ2n) is 3.44. The Kier molecular flexibility index (Phi) is 4.76. The van der Waals surface area contributed by atoms with Gasteiger partial charge in [0.25, 0.3) is 6.43 Å². The highest BCUT2D eigenvalue weighted by Gasteiger charge is 2.17.